The Hall–Kier alpha value is -3.47. The zero-order chi connectivity index (χ0) is 23.6. The normalized spacial score (nSPS) is 18.9. The predicted molar refractivity (Wildman–Crippen MR) is 114 cm³/mol. The number of carbonyl (C=O) groups is 1. The Bertz CT molecular complexity index is 1110. The lowest BCUT2D eigenvalue weighted by Gasteiger charge is -2.36. The molecule has 0 bridgehead atoms. The van der Waals surface area contributed by atoms with Crippen LogP contribution in [0.4, 0.5) is 19.0 Å². The standard InChI is InChI=1S/C22H23F3N6O2/c1-14-11-30(12-15(2)33-14)20-8-7-16(9-26-20)10-27-21(32)18-13-31(29-28-18)19-6-4-3-5-17(19)22(23,24)25/h3-9,13-15H,10-12H2,1-2H3,(H,27,32). The highest BCUT2D eigenvalue weighted by molar-refractivity contribution is 5.91. The van der Waals surface area contributed by atoms with Crippen molar-refractivity contribution in [1.29, 1.82) is 0 Å². The van der Waals surface area contributed by atoms with Crippen LogP contribution < -0.4 is 10.2 Å². The fourth-order valence-electron chi connectivity index (χ4n) is 3.74. The van der Waals surface area contributed by atoms with E-state index in [4.69, 9.17) is 4.74 Å². The molecule has 2 aromatic heterocycles. The van der Waals surface area contributed by atoms with E-state index >= 15 is 0 Å². The van der Waals surface area contributed by atoms with E-state index in [1.807, 2.05) is 26.0 Å². The van der Waals surface area contributed by atoms with E-state index in [-0.39, 0.29) is 30.1 Å². The van der Waals surface area contributed by atoms with E-state index < -0.39 is 17.6 Å². The molecule has 1 fully saturated rings. The number of morpholine rings is 1. The maximum atomic E-state index is 13.2. The number of benzene rings is 1. The molecule has 4 rings (SSSR count). The van der Waals surface area contributed by atoms with Crippen molar-refractivity contribution in [3.05, 3.63) is 65.6 Å². The number of ether oxygens (including phenoxy) is 1. The molecule has 8 nitrogen and oxygen atoms in total. The number of carbonyl (C=O) groups excluding carboxylic acids is 1. The van der Waals surface area contributed by atoms with Crippen LogP contribution in [0.15, 0.2) is 48.8 Å². The van der Waals surface area contributed by atoms with Gasteiger partial charge >= 0.3 is 6.18 Å². The summed E-state index contributed by atoms with van der Waals surface area (Å²) in [5, 5.41) is 10.1. The zero-order valence-electron chi connectivity index (χ0n) is 18.1. The van der Waals surface area contributed by atoms with Crippen molar-refractivity contribution in [3.8, 4) is 5.69 Å². The molecule has 3 aromatic rings. The largest absolute Gasteiger partial charge is 0.418 e. The fourth-order valence-corrected chi connectivity index (χ4v) is 3.74. The van der Waals surface area contributed by atoms with Crippen molar-refractivity contribution in [1.82, 2.24) is 25.3 Å². The summed E-state index contributed by atoms with van der Waals surface area (Å²) in [7, 11) is 0. The average Bonchev–Trinajstić information content (AvgIpc) is 3.27. The number of alkyl halides is 3. The van der Waals surface area contributed by atoms with Crippen molar-refractivity contribution >= 4 is 11.7 Å². The molecular formula is C22H23F3N6O2. The minimum absolute atomic E-state index is 0.0900. The molecule has 2 atom stereocenters. The summed E-state index contributed by atoms with van der Waals surface area (Å²) in [4.78, 5) is 19.1. The van der Waals surface area contributed by atoms with E-state index in [9.17, 15) is 18.0 Å². The molecule has 33 heavy (non-hydrogen) atoms. The van der Waals surface area contributed by atoms with Gasteiger partial charge < -0.3 is 15.0 Å². The summed E-state index contributed by atoms with van der Waals surface area (Å²) >= 11 is 0. The molecular weight excluding hydrogens is 437 g/mol. The number of amides is 1. The van der Waals surface area contributed by atoms with Crippen molar-refractivity contribution in [3.63, 3.8) is 0 Å². The number of nitrogens with zero attached hydrogens (tertiary/aromatic N) is 5. The lowest BCUT2D eigenvalue weighted by atomic mass is 10.1. The van der Waals surface area contributed by atoms with Gasteiger partial charge in [-0.15, -0.1) is 5.10 Å². The maximum absolute atomic E-state index is 13.2. The minimum Gasteiger partial charge on any atom is -0.372 e. The monoisotopic (exact) mass is 460 g/mol. The third-order valence-corrected chi connectivity index (χ3v) is 5.19. The second-order valence-corrected chi connectivity index (χ2v) is 7.93. The average molecular weight is 460 g/mol. The van der Waals surface area contributed by atoms with Crippen LogP contribution in [0.5, 0.6) is 0 Å². The topological polar surface area (TPSA) is 85.2 Å². The third-order valence-electron chi connectivity index (χ3n) is 5.19. The Morgan fingerprint density at radius 2 is 1.88 bits per heavy atom. The lowest BCUT2D eigenvalue weighted by Crippen LogP contribution is -2.45. The highest BCUT2D eigenvalue weighted by Crippen LogP contribution is 2.33. The van der Waals surface area contributed by atoms with Gasteiger partial charge in [0.15, 0.2) is 5.69 Å². The van der Waals surface area contributed by atoms with E-state index in [2.05, 4.69) is 25.5 Å². The summed E-state index contributed by atoms with van der Waals surface area (Å²) in [6.07, 6.45) is -1.47. The molecule has 0 spiro atoms. The van der Waals surface area contributed by atoms with E-state index in [1.54, 1.807) is 6.20 Å². The summed E-state index contributed by atoms with van der Waals surface area (Å²) in [6, 6.07) is 8.71. The van der Waals surface area contributed by atoms with Gasteiger partial charge in [-0.05, 0) is 37.6 Å². The first-order valence-electron chi connectivity index (χ1n) is 10.4. The minimum atomic E-state index is -4.55. The summed E-state index contributed by atoms with van der Waals surface area (Å²) in [5.41, 5.74) is -0.385. The Morgan fingerprint density at radius 3 is 2.55 bits per heavy atom. The summed E-state index contributed by atoms with van der Waals surface area (Å²) in [5.74, 6) is 0.281. The van der Waals surface area contributed by atoms with Gasteiger partial charge in [0.05, 0.1) is 29.7 Å². The number of hydrogen-bond donors (Lipinski definition) is 1. The Balaban J connectivity index is 1.39. The maximum Gasteiger partial charge on any atom is 0.418 e. The second-order valence-electron chi connectivity index (χ2n) is 7.93. The van der Waals surface area contributed by atoms with Crippen LogP contribution in [0, 0.1) is 0 Å². The van der Waals surface area contributed by atoms with Crippen LogP contribution in [0.25, 0.3) is 5.69 Å². The highest BCUT2D eigenvalue weighted by atomic mass is 19.4. The first-order valence-corrected chi connectivity index (χ1v) is 10.4. The van der Waals surface area contributed by atoms with E-state index in [0.29, 0.717) is 0 Å². The van der Waals surface area contributed by atoms with E-state index in [0.717, 1.165) is 35.2 Å². The van der Waals surface area contributed by atoms with Crippen molar-refractivity contribution < 1.29 is 22.7 Å². The molecule has 1 amide bonds. The second kappa shape index (κ2) is 9.18. The van der Waals surface area contributed by atoms with Gasteiger partial charge in [0.2, 0.25) is 0 Å². The Labute approximate surface area is 188 Å². The lowest BCUT2D eigenvalue weighted by molar-refractivity contribution is -0.137. The molecule has 0 radical (unpaired) electrons. The van der Waals surface area contributed by atoms with E-state index in [1.165, 1.54) is 24.4 Å². The highest BCUT2D eigenvalue weighted by Gasteiger charge is 2.34. The van der Waals surface area contributed by atoms with Crippen molar-refractivity contribution in [2.45, 2.75) is 38.8 Å². The zero-order valence-corrected chi connectivity index (χ0v) is 18.1. The van der Waals surface area contributed by atoms with Crippen LogP contribution in [0.2, 0.25) is 0 Å². The van der Waals surface area contributed by atoms with Crippen LogP contribution in [-0.2, 0) is 17.5 Å². The number of hydrogen-bond acceptors (Lipinski definition) is 6. The van der Waals surface area contributed by atoms with Gasteiger partial charge in [-0.3, -0.25) is 4.79 Å². The van der Waals surface area contributed by atoms with Gasteiger partial charge in [-0.25, -0.2) is 9.67 Å². The third kappa shape index (κ3) is 5.30. The number of rotatable bonds is 5. The molecule has 0 saturated carbocycles. The van der Waals surface area contributed by atoms with Crippen LogP contribution in [-0.4, -0.2) is 51.2 Å². The number of anilines is 1. The first kappa shape index (κ1) is 22.7. The van der Waals surface area contributed by atoms with Gasteiger partial charge in [-0.1, -0.05) is 23.4 Å². The van der Waals surface area contributed by atoms with Crippen molar-refractivity contribution in [2.75, 3.05) is 18.0 Å². The quantitative estimate of drug-likeness (QED) is 0.630. The summed E-state index contributed by atoms with van der Waals surface area (Å²) in [6.45, 7) is 5.73. The SMILES string of the molecule is CC1CN(c2ccc(CNC(=O)c3cn(-c4ccccc4C(F)(F)F)nn3)cn2)CC(C)O1. The number of para-hydroxylation sites is 1. The van der Waals surface area contributed by atoms with Gasteiger partial charge in [0.1, 0.15) is 5.82 Å². The first-order chi connectivity index (χ1) is 15.7. The molecule has 1 N–H and O–H groups in total. The van der Waals surface area contributed by atoms with Crippen molar-refractivity contribution in [2.24, 2.45) is 0 Å². The molecule has 174 valence electrons. The Morgan fingerprint density at radius 1 is 1.15 bits per heavy atom. The Kier molecular flexibility index (Phi) is 6.32. The smallest absolute Gasteiger partial charge is 0.372 e. The van der Waals surface area contributed by atoms with Crippen LogP contribution >= 0.6 is 0 Å². The molecule has 1 saturated heterocycles. The van der Waals surface area contributed by atoms with Gasteiger partial charge in [0, 0.05) is 25.8 Å². The molecule has 1 aromatic carbocycles. The fraction of sp³-hybridized carbons (Fsp3) is 0.364. The molecule has 1 aliphatic rings. The number of halogens is 3. The molecule has 1 aliphatic heterocycles. The predicted octanol–water partition coefficient (Wildman–Crippen LogP) is 3.22. The molecule has 2 unspecified atom stereocenters. The molecule has 0 aliphatic carbocycles. The van der Waals surface area contributed by atoms with Crippen LogP contribution in [0.1, 0.15) is 35.5 Å². The number of aromatic nitrogens is 4. The number of nitrogens with one attached hydrogen (secondary N) is 1. The molecule has 11 heteroatoms. The number of pyridine rings is 1. The van der Waals surface area contributed by atoms with Crippen LogP contribution in [0.3, 0.4) is 0 Å². The van der Waals surface area contributed by atoms with Gasteiger partial charge in [0.25, 0.3) is 5.91 Å². The summed E-state index contributed by atoms with van der Waals surface area (Å²) < 4.78 is 46.4. The van der Waals surface area contributed by atoms with Gasteiger partial charge in [-0.2, -0.15) is 13.2 Å². The molecule has 3 heterocycles.